The summed E-state index contributed by atoms with van der Waals surface area (Å²) in [5, 5.41) is 1.19. The third-order valence-electron chi connectivity index (χ3n) is 1.49. The van der Waals surface area contributed by atoms with Crippen LogP contribution in [0.4, 0.5) is 0 Å². The number of hydrogen-bond acceptors (Lipinski definition) is 5. The SMILES string of the molecule is O=c1[nH]cnc(Sc2ncccn2)c1I. The Labute approximate surface area is 103 Å². The van der Waals surface area contributed by atoms with Crippen LogP contribution in [0.1, 0.15) is 0 Å². The van der Waals surface area contributed by atoms with Gasteiger partial charge in [0, 0.05) is 12.4 Å². The fourth-order valence-corrected chi connectivity index (χ4v) is 2.18. The quantitative estimate of drug-likeness (QED) is 0.510. The highest BCUT2D eigenvalue weighted by atomic mass is 127. The number of rotatable bonds is 2. The van der Waals surface area contributed by atoms with Gasteiger partial charge in [-0.25, -0.2) is 15.0 Å². The highest BCUT2D eigenvalue weighted by Crippen LogP contribution is 2.23. The van der Waals surface area contributed by atoms with E-state index in [4.69, 9.17) is 0 Å². The fraction of sp³-hybridized carbons (Fsp3) is 0. The molecule has 2 rings (SSSR count). The maximum Gasteiger partial charge on any atom is 0.265 e. The Hall–Kier alpha value is -0.960. The van der Waals surface area contributed by atoms with Crippen LogP contribution in [-0.2, 0) is 0 Å². The number of hydrogen-bond donors (Lipinski definition) is 1. The molecule has 0 saturated heterocycles. The zero-order chi connectivity index (χ0) is 10.7. The first-order valence-corrected chi connectivity index (χ1v) is 5.85. The second-order valence-corrected chi connectivity index (χ2v) is 4.52. The molecular formula is C8H5IN4OS. The van der Waals surface area contributed by atoms with E-state index in [9.17, 15) is 4.79 Å². The minimum atomic E-state index is -0.149. The molecule has 0 aromatic carbocycles. The molecule has 0 spiro atoms. The van der Waals surface area contributed by atoms with Gasteiger partial charge < -0.3 is 4.98 Å². The lowest BCUT2D eigenvalue weighted by Gasteiger charge is -1.99. The molecule has 0 fully saturated rings. The Kier molecular flexibility index (Phi) is 3.31. The van der Waals surface area contributed by atoms with Gasteiger partial charge in [-0.1, -0.05) is 0 Å². The van der Waals surface area contributed by atoms with E-state index in [0.717, 1.165) is 0 Å². The number of nitrogens with one attached hydrogen (secondary N) is 1. The van der Waals surface area contributed by atoms with Crippen LogP contribution in [0.5, 0.6) is 0 Å². The van der Waals surface area contributed by atoms with Gasteiger partial charge in [0.1, 0.15) is 8.60 Å². The Bertz CT molecular complexity index is 516. The van der Waals surface area contributed by atoms with Gasteiger partial charge in [-0.05, 0) is 40.4 Å². The zero-order valence-electron chi connectivity index (χ0n) is 7.35. The van der Waals surface area contributed by atoms with Crippen molar-refractivity contribution in [1.82, 2.24) is 19.9 Å². The largest absolute Gasteiger partial charge is 0.312 e. The van der Waals surface area contributed by atoms with E-state index in [2.05, 4.69) is 19.9 Å². The minimum absolute atomic E-state index is 0.149. The van der Waals surface area contributed by atoms with E-state index in [0.29, 0.717) is 13.8 Å². The third kappa shape index (κ3) is 2.53. The highest BCUT2D eigenvalue weighted by Gasteiger charge is 2.08. The van der Waals surface area contributed by atoms with Gasteiger partial charge in [0.15, 0.2) is 5.16 Å². The molecule has 0 saturated carbocycles. The molecule has 15 heavy (non-hydrogen) atoms. The summed E-state index contributed by atoms with van der Waals surface area (Å²) in [6, 6.07) is 1.74. The average Bonchev–Trinajstić information content (AvgIpc) is 2.26. The lowest BCUT2D eigenvalue weighted by Crippen LogP contribution is -2.11. The van der Waals surface area contributed by atoms with Crippen LogP contribution in [0.25, 0.3) is 0 Å². The molecule has 0 aliphatic carbocycles. The van der Waals surface area contributed by atoms with Crippen molar-refractivity contribution < 1.29 is 0 Å². The topological polar surface area (TPSA) is 71.5 Å². The van der Waals surface area contributed by atoms with E-state index in [-0.39, 0.29) is 5.56 Å². The van der Waals surface area contributed by atoms with Crippen LogP contribution in [0.2, 0.25) is 0 Å². The molecular weight excluding hydrogens is 327 g/mol. The number of nitrogens with zero attached hydrogens (tertiary/aromatic N) is 3. The van der Waals surface area contributed by atoms with Gasteiger partial charge in [-0.15, -0.1) is 0 Å². The average molecular weight is 332 g/mol. The summed E-state index contributed by atoms with van der Waals surface area (Å²) in [5.74, 6) is 0. The standard InChI is InChI=1S/C8H5IN4OS/c9-5-6(14)12-4-13-7(5)15-8-10-2-1-3-11-8/h1-4H,(H,12,13,14). The monoisotopic (exact) mass is 332 g/mol. The van der Waals surface area contributed by atoms with Gasteiger partial charge in [0.25, 0.3) is 5.56 Å². The van der Waals surface area contributed by atoms with Crippen molar-refractivity contribution in [3.05, 3.63) is 38.7 Å². The maximum atomic E-state index is 11.3. The number of halogens is 1. The third-order valence-corrected chi connectivity index (χ3v) is 3.76. The van der Waals surface area contributed by atoms with E-state index >= 15 is 0 Å². The van der Waals surface area contributed by atoms with E-state index in [1.807, 2.05) is 22.6 Å². The predicted molar refractivity (Wildman–Crippen MR) is 63.7 cm³/mol. The van der Waals surface area contributed by atoms with Crippen molar-refractivity contribution in [2.24, 2.45) is 0 Å². The molecule has 2 aromatic rings. The van der Waals surface area contributed by atoms with Gasteiger partial charge in [0.05, 0.1) is 6.33 Å². The van der Waals surface area contributed by atoms with Crippen molar-refractivity contribution >= 4 is 34.4 Å². The first kappa shape index (κ1) is 10.6. The first-order chi connectivity index (χ1) is 7.27. The summed E-state index contributed by atoms with van der Waals surface area (Å²) in [7, 11) is 0. The van der Waals surface area contributed by atoms with Crippen molar-refractivity contribution in [3.63, 3.8) is 0 Å². The van der Waals surface area contributed by atoms with Gasteiger partial charge in [-0.2, -0.15) is 0 Å². The van der Waals surface area contributed by atoms with Crippen LogP contribution in [0.3, 0.4) is 0 Å². The van der Waals surface area contributed by atoms with Crippen molar-refractivity contribution in [1.29, 1.82) is 0 Å². The molecule has 0 aliphatic rings. The summed E-state index contributed by atoms with van der Waals surface area (Å²) in [5.41, 5.74) is -0.149. The molecule has 0 bridgehead atoms. The number of aromatic amines is 1. The van der Waals surface area contributed by atoms with Crippen LogP contribution in [0.15, 0.2) is 39.8 Å². The number of aromatic nitrogens is 4. The van der Waals surface area contributed by atoms with Crippen molar-refractivity contribution in [2.45, 2.75) is 10.2 Å². The van der Waals surface area contributed by atoms with E-state index < -0.39 is 0 Å². The summed E-state index contributed by atoms with van der Waals surface area (Å²) in [6.07, 6.45) is 4.67. The normalized spacial score (nSPS) is 10.2. The molecule has 2 heterocycles. The lowest BCUT2D eigenvalue weighted by molar-refractivity contribution is 0.942. The summed E-state index contributed by atoms with van der Waals surface area (Å²) in [6.45, 7) is 0. The predicted octanol–water partition coefficient (Wildman–Crippen LogP) is 1.32. The smallest absolute Gasteiger partial charge is 0.265 e. The maximum absolute atomic E-state index is 11.3. The van der Waals surface area contributed by atoms with Crippen LogP contribution >= 0.6 is 34.4 Å². The molecule has 5 nitrogen and oxygen atoms in total. The van der Waals surface area contributed by atoms with E-state index in [1.54, 1.807) is 18.5 Å². The molecule has 0 unspecified atom stereocenters. The van der Waals surface area contributed by atoms with Gasteiger partial charge in [-0.3, -0.25) is 4.79 Å². The Balaban J connectivity index is 2.33. The minimum Gasteiger partial charge on any atom is -0.312 e. The van der Waals surface area contributed by atoms with Crippen molar-refractivity contribution in [2.75, 3.05) is 0 Å². The summed E-state index contributed by atoms with van der Waals surface area (Å²) >= 11 is 3.22. The zero-order valence-corrected chi connectivity index (χ0v) is 10.3. The second kappa shape index (κ2) is 4.71. The first-order valence-electron chi connectivity index (χ1n) is 3.95. The van der Waals surface area contributed by atoms with E-state index in [1.165, 1.54) is 18.1 Å². The fourth-order valence-electron chi connectivity index (χ4n) is 0.862. The molecule has 76 valence electrons. The molecule has 0 atom stereocenters. The Morgan fingerprint density at radius 1 is 1.27 bits per heavy atom. The lowest BCUT2D eigenvalue weighted by atomic mass is 10.7. The second-order valence-electron chi connectivity index (χ2n) is 2.48. The van der Waals surface area contributed by atoms with Gasteiger partial charge in [0.2, 0.25) is 0 Å². The Morgan fingerprint density at radius 3 is 2.73 bits per heavy atom. The summed E-state index contributed by atoms with van der Waals surface area (Å²) < 4.78 is 0.549. The Morgan fingerprint density at radius 2 is 2.00 bits per heavy atom. The molecule has 1 N–H and O–H groups in total. The van der Waals surface area contributed by atoms with Crippen LogP contribution in [0, 0.1) is 3.57 Å². The molecule has 2 aromatic heterocycles. The molecule has 0 aliphatic heterocycles. The molecule has 7 heteroatoms. The van der Waals surface area contributed by atoms with Crippen molar-refractivity contribution in [3.8, 4) is 0 Å². The molecule has 0 amide bonds. The van der Waals surface area contributed by atoms with Gasteiger partial charge >= 0.3 is 0 Å². The summed E-state index contributed by atoms with van der Waals surface area (Å²) in [4.78, 5) is 25.9. The van der Waals surface area contributed by atoms with Crippen LogP contribution in [-0.4, -0.2) is 19.9 Å². The highest BCUT2D eigenvalue weighted by molar-refractivity contribution is 14.1. The van der Waals surface area contributed by atoms with Crippen LogP contribution < -0.4 is 5.56 Å². The number of H-pyrrole nitrogens is 1. The molecule has 0 radical (unpaired) electrons.